The Hall–Kier alpha value is -3.23. The second kappa shape index (κ2) is 14.1. The Bertz CT molecular complexity index is 1590. The van der Waals surface area contributed by atoms with Gasteiger partial charge in [0.25, 0.3) is 0 Å². The summed E-state index contributed by atoms with van der Waals surface area (Å²) < 4.78 is 13.0. The number of rotatable bonds is 10. The van der Waals surface area contributed by atoms with E-state index in [9.17, 15) is 5.26 Å². The van der Waals surface area contributed by atoms with Gasteiger partial charge in [0, 0.05) is 68.1 Å². The molecule has 3 aliphatic rings. The minimum absolute atomic E-state index is 0.128. The van der Waals surface area contributed by atoms with Crippen molar-refractivity contribution in [3.63, 3.8) is 0 Å². The van der Waals surface area contributed by atoms with Gasteiger partial charge in [0.15, 0.2) is 8.32 Å². The fourth-order valence-corrected chi connectivity index (χ4v) is 8.17. The first-order valence-corrected chi connectivity index (χ1v) is 20.4. The van der Waals surface area contributed by atoms with E-state index in [0.29, 0.717) is 31.6 Å². The number of nitrogens with one attached hydrogen (secondary N) is 1. The summed E-state index contributed by atoms with van der Waals surface area (Å²) in [5, 5.41) is 15.7. The molecule has 0 amide bonds. The van der Waals surface area contributed by atoms with Crippen LogP contribution in [0.25, 0.3) is 10.8 Å². The number of aryl methyl sites for hydroxylation is 1. The molecule has 47 heavy (non-hydrogen) atoms. The normalized spacial score (nSPS) is 20.8. The first kappa shape index (κ1) is 33.7. The predicted octanol–water partition coefficient (Wildman–Crippen LogP) is 6.06. The molecule has 0 saturated carbocycles. The van der Waals surface area contributed by atoms with Gasteiger partial charge in [-0.15, -0.1) is 0 Å². The molecule has 2 atom stereocenters. The molecule has 3 aliphatic heterocycles. The molecule has 10 heteroatoms. The van der Waals surface area contributed by atoms with E-state index < -0.39 is 8.32 Å². The molecule has 0 spiro atoms. The van der Waals surface area contributed by atoms with E-state index in [1.54, 1.807) is 0 Å². The lowest BCUT2D eigenvalue weighted by molar-refractivity contribution is 0.140. The molecule has 1 aromatic heterocycles. The van der Waals surface area contributed by atoms with Crippen molar-refractivity contribution in [1.29, 1.82) is 5.26 Å². The zero-order chi connectivity index (χ0) is 33.2. The van der Waals surface area contributed by atoms with Crippen molar-refractivity contribution in [3.05, 3.63) is 53.2 Å². The van der Waals surface area contributed by atoms with Crippen molar-refractivity contribution in [2.24, 2.45) is 0 Å². The summed E-state index contributed by atoms with van der Waals surface area (Å²) in [6, 6.07) is 16.4. The minimum atomic E-state index is -1.78. The molecule has 2 saturated heterocycles. The highest BCUT2D eigenvalue weighted by atomic mass is 28.4. The number of ether oxygens (including phenoxy) is 1. The Labute approximate surface area is 282 Å². The summed E-state index contributed by atoms with van der Waals surface area (Å²) in [7, 11) is -1.78. The molecule has 4 heterocycles. The first-order chi connectivity index (χ1) is 22.5. The van der Waals surface area contributed by atoms with E-state index in [1.165, 1.54) is 34.0 Å². The zero-order valence-electron chi connectivity index (χ0n) is 29.3. The molecule has 0 radical (unpaired) electrons. The molecule has 0 aliphatic carbocycles. The van der Waals surface area contributed by atoms with Gasteiger partial charge in [0.05, 0.1) is 24.7 Å². The monoisotopic (exact) mass is 655 g/mol. The topological polar surface area (TPSA) is 89.8 Å². The largest absolute Gasteiger partial charge is 0.462 e. The molecule has 2 aromatic carbocycles. The third-order valence-electron chi connectivity index (χ3n) is 10.9. The molecular formula is C37H53N7O2Si. The van der Waals surface area contributed by atoms with Crippen LogP contribution in [0.15, 0.2) is 36.4 Å². The average molecular weight is 656 g/mol. The number of fused-ring (bicyclic) bond motifs is 2. The molecule has 9 nitrogen and oxygen atoms in total. The van der Waals surface area contributed by atoms with Gasteiger partial charge in [0.1, 0.15) is 12.4 Å². The molecular weight excluding hydrogens is 603 g/mol. The summed E-state index contributed by atoms with van der Waals surface area (Å²) in [4.78, 5) is 17.5. The maximum Gasteiger partial charge on any atom is 0.318 e. The van der Waals surface area contributed by atoms with Gasteiger partial charge in [0.2, 0.25) is 0 Å². The number of piperazine rings is 1. The van der Waals surface area contributed by atoms with Crippen molar-refractivity contribution in [3.8, 4) is 12.1 Å². The van der Waals surface area contributed by atoms with E-state index in [-0.39, 0.29) is 11.1 Å². The van der Waals surface area contributed by atoms with Crippen LogP contribution in [0.5, 0.6) is 6.01 Å². The lowest BCUT2D eigenvalue weighted by atomic mass is 9.99. The molecule has 2 fully saturated rings. The number of benzene rings is 2. The van der Waals surface area contributed by atoms with Gasteiger partial charge in [-0.1, -0.05) is 51.1 Å². The Kier molecular flexibility index (Phi) is 10.1. The third kappa shape index (κ3) is 7.44. The Balaban J connectivity index is 1.22. The van der Waals surface area contributed by atoms with Crippen molar-refractivity contribution < 1.29 is 9.16 Å². The first-order valence-electron chi connectivity index (χ1n) is 17.5. The summed E-state index contributed by atoms with van der Waals surface area (Å²) in [6.07, 6.45) is 3.63. The van der Waals surface area contributed by atoms with Gasteiger partial charge in [-0.05, 0) is 67.9 Å². The summed E-state index contributed by atoms with van der Waals surface area (Å²) in [6.45, 7) is 21.1. The fourth-order valence-electron chi connectivity index (χ4n) is 7.14. The van der Waals surface area contributed by atoms with Gasteiger partial charge >= 0.3 is 6.01 Å². The number of anilines is 2. The highest BCUT2D eigenvalue weighted by Gasteiger charge is 2.37. The van der Waals surface area contributed by atoms with Gasteiger partial charge in [-0.3, -0.25) is 4.90 Å². The van der Waals surface area contributed by atoms with E-state index in [4.69, 9.17) is 19.1 Å². The molecule has 0 bridgehead atoms. The average Bonchev–Trinajstić information content (AvgIpc) is 3.50. The van der Waals surface area contributed by atoms with Crippen LogP contribution in [0.3, 0.4) is 0 Å². The van der Waals surface area contributed by atoms with Gasteiger partial charge in [-0.2, -0.15) is 15.2 Å². The van der Waals surface area contributed by atoms with E-state index >= 15 is 0 Å². The van der Waals surface area contributed by atoms with E-state index in [1.807, 2.05) is 0 Å². The molecule has 3 aromatic rings. The van der Waals surface area contributed by atoms with Gasteiger partial charge in [-0.25, -0.2) is 0 Å². The van der Waals surface area contributed by atoms with Crippen LogP contribution in [0.1, 0.15) is 56.9 Å². The lowest BCUT2D eigenvalue weighted by Crippen LogP contribution is -2.51. The van der Waals surface area contributed by atoms with Crippen molar-refractivity contribution in [2.75, 3.05) is 62.3 Å². The van der Waals surface area contributed by atoms with Crippen molar-refractivity contribution in [1.82, 2.24) is 20.2 Å². The number of nitriles is 1. The van der Waals surface area contributed by atoms with Crippen LogP contribution in [0, 0.1) is 18.3 Å². The maximum atomic E-state index is 9.40. The second-order valence-electron chi connectivity index (χ2n) is 15.1. The number of likely N-dealkylation sites (tertiary alicyclic amines) is 1. The summed E-state index contributed by atoms with van der Waals surface area (Å²) >= 11 is 0. The lowest BCUT2D eigenvalue weighted by Gasteiger charge is -2.37. The van der Waals surface area contributed by atoms with E-state index in [0.717, 1.165) is 70.2 Å². The Morgan fingerprint density at radius 2 is 1.87 bits per heavy atom. The maximum absolute atomic E-state index is 9.40. The number of hydrogen-bond donors (Lipinski definition) is 1. The molecule has 0 unspecified atom stereocenters. The molecule has 252 valence electrons. The van der Waals surface area contributed by atoms with Crippen molar-refractivity contribution >= 4 is 30.6 Å². The standard InChI is InChI=1S/C37H53N7O2Si/c1-27-10-7-11-28-12-8-14-33(34(27)28)43-20-16-31-32(25-43)40-36(41-35(31)44-21-18-39-29(24-44)15-17-38)45-26-30-13-9-19-42(30)22-23-46-47(5,6)37(2,3)4/h7-8,10-12,14,29-30,39H,9,13,15-16,18-26H2,1-6H3/t29-,30-/m0/s1. The quantitative estimate of drug-likeness (QED) is 0.262. The zero-order valence-corrected chi connectivity index (χ0v) is 30.3. The highest BCUT2D eigenvalue weighted by molar-refractivity contribution is 6.74. The number of aromatic nitrogens is 2. The number of hydrogen-bond acceptors (Lipinski definition) is 9. The van der Waals surface area contributed by atoms with Crippen LogP contribution in [0.2, 0.25) is 18.1 Å². The second-order valence-corrected chi connectivity index (χ2v) is 19.9. The third-order valence-corrected chi connectivity index (χ3v) is 15.4. The minimum Gasteiger partial charge on any atom is -0.462 e. The van der Waals surface area contributed by atoms with E-state index in [2.05, 4.69) is 103 Å². The van der Waals surface area contributed by atoms with Crippen LogP contribution >= 0.6 is 0 Å². The smallest absolute Gasteiger partial charge is 0.318 e. The summed E-state index contributed by atoms with van der Waals surface area (Å²) in [5.74, 6) is 0.981. The van der Waals surface area contributed by atoms with Crippen LogP contribution in [-0.4, -0.2) is 87.8 Å². The number of nitrogens with zero attached hydrogens (tertiary/aromatic N) is 6. The fraction of sp³-hybridized carbons (Fsp3) is 0.595. The van der Waals surface area contributed by atoms with Crippen molar-refractivity contribution in [2.45, 2.75) is 90.1 Å². The van der Waals surface area contributed by atoms with Crippen LogP contribution in [0.4, 0.5) is 11.5 Å². The Morgan fingerprint density at radius 3 is 2.66 bits per heavy atom. The van der Waals surface area contributed by atoms with Crippen LogP contribution in [-0.2, 0) is 17.4 Å². The van der Waals surface area contributed by atoms with Crippen LogP contribution < -0.4 is 19.9 Å². The summed E-state index contributed by atoms with van der Waals surface area (Å²) in [5.41, 5.74) is 4.81. The molecule has 1 N–H and O–H groups in total. The highest BCUT2D eigenvalue weighted by Crippen LogP contribution is 2.37. The SMILES string of the molecule is Cc1cccc2cccc(N3CCc4c(nc(OC[C@@H]5CCCN5CCO[Si](C)(C)C(C)(C)C)nc4N4CCN[C@@H](CC#N)C4)C3)c12. The molecule has 6 rings (SSSR count). The Morgan fingerprint density at radius 1 is 1.06 bits per heavy atom. The predicted molar refractivity (Wildman–Crippen MR) is 193 cm³/mol. The van der Waals surface area contributed by atoms with Gasteiger partial charge < -0.3 is 24.3 Å².